The van der Waals surface area contributed by atoms with Gasteiger partial charge in [0.15, 0.2) is 17.5 Å². The van der Waals surface area contributed by atoms with Crippen LogP contribution < -0.4 is 180 Å². The molecule has 0 aliphatic heterocycles. The average molecular weight is 1110 g/mol. The number of benzene rings is 8. The summed E-state index contributed by atoms with van der Waals surface area (Å²) < 4.78 is 2.73. The second-order valence-electron chi connectivity index (χ2n) is 27.6. The zero-order valence-electron chi connectivity index (χ0n) is 60.2. The van der Waals surface area contributed by atoms with Crippen molar-refractivity contribution in [3.63, 3.8) is 0 Å². The van der Waals surface area contributed by atoms with Crippen LogP contribution in [-0.4, -0.2) is 274 Å². The van der Waals surface area contributed by atoms with E-state index in [0.29, 0.717) is 0 Å². The van der Waals surface area contributed by atoms with E-state index in [-0.39, 0.29) is 0 Å². The van der Waals surface area contributed by atoms with Crippen molar-refractivity contribution in [1.29, 1.82) is 0 Å². The van der Waals surface area contributed by atoms with Crippen LogP contribution in [0.2, 0.25) is 0 Å². The number of thiophene rings is 1. The molecule has 0 saturated carbocycles. The van der Waals surface area contributed by atoms with Gasteiger partial charge in [0.05, 0.1) is 0 Å². The Labute approximate surface area is 560 Å². The summed E-state index contributed by atoms with van der Waals surface area (Å²) in [7, 11) is 77.0. The van der Waals surface area contributed by atoms with Crippen molar-refractivity contribution in [1.82, 2.24) is 15.0 Å². The van der Waals surface area contributed by atoms with Gasteiger partial charge in [-0.2, -0.15) is 0 Å². The second kappa shape index (κ2) is 23.4. The molecule has 10 rings (SSSR count). The first-order valence-corrected chi connectivity index (χ1v) is 33.1. The van der Waals surface area contributed by atoms with E-state index in [2.05, 4.69) is 259 Å². The Morgan fingerprint density at radius 1 is 0.136 bits per heavy atom. The predicted octanol–water partition coefficient (Wildman–Crippen LogP) is -43.6. The van der Waals surface area contributed by atoms with E-state index in [4.69, 9.17) is 15.0 Å². The fourth-order valence-corrected chi connectivity index (χ4v) is 17.9. The van der Waals surface area contributed by atoms with Gasteiger partial charge in [-0.3, -0.25) is 0 Å². The van der Waals surface area contributed by atoms with Crippen molar-refractivity contribution in [3.05, 3.63) is 0 Å². The van der Waals surface area contributed by atoms with Gasteiger partial charge in [0.2, 0.25) is 0 Å². The summed E-state index contributed by atoms with van der Waals surface area (Å²) in [5, 5.41) is 2.77. The largest absolute Gasteiger partial charge is 0.208 e. The molecule has 10 aromatic rings. The molecule has 0 aliphatic rings. The summed E-state index contributed by atoms with van der Waals surface area (Å²) in [5.74, 6) is 2.18. The molecule has 0 unspecified atom stereocenters. The van der Waals surface area contributed by atoms with Crippen LogP contribution >= 0.6 is 11.3 Å². The number of fused-ring (bicyclic) bond motifs is 3. The maximum Gasteiger partial charge on any atom is 0.163 e. The number of hydrogen-bond acceptors (Lipinski definition) is 4. The van der Waals surface area contributed by atoms with Gasteiger partial charge < -0.3 is 0 Å². The lowest BCUT2D eigenvalue weighted by Crippen LogP contribution is -2.57. The van der Waals surface area contributed by atoms with Crippen molar-refractivity contribution in [2.75, 3.05) is 0 Å². The van der Waals surface area contributed by atoms with E-state index in [0.717, 1.165) is 34.2 Å². The molecule has 88 heavy (non-hydrogen) atoms. The molecule has 0 N–H and O–H groups in total. The highest BCUT2D eigenvalue weighted by Crippen LogP contribution is 2.40. The Hall–Kier alpha value is -4.87. The summed E-state index contributed by atoms with van der Waals surface area (Å²) in [6, 6.07) is 0. The van der Waals surface area contributed by atoms with E-state index in [1.807, 2.05) is 11.3 Å². The quantitative estimate of drug-likeness (QED) is 0.149. The van der Waals surface area contributed by atoms with Crippen molar-refractivity contribution in [3.8, 4) is 78.7 Å². The highest BCUT2D eigenvalue weighted by atomic mass is 32.1. The van der Waals surface area contributed by atoms with Crippen molar-refractivity contribution in [2.45, 2.75) is 0 Å². The molecule has 2 aromatic heterocycles. The molecule has 390 valence electrons. The third-order valence-electron chi connectivity index (χ3n) is 24.3. The van der Waals surface area contributed by atoms with Gasteiger partial charge in [0.1, 0.15) is 259 Å². The Kier molecular flexibility index (Phi) is 17.5. The zero-order chi connectivity index (χ0) is 65.3. The van der Waals surface area contributed by atoms with Gasteiger partial charge in [0, 0.05) is 26.1 Å². The molecule has 37 heteroatoms. The molecule has 0 aliphatic carbocycles. The third-order valence-corrected chi connectivity index (χ3v) is 25.5. The third kappa shape index (κ3) is 9.42. The van der Waals surface area contributed by atoms with Crippen molar-refractivity contribution in [2.24, 2.45) is 0 Å². The fourth-order valence-electron chi connectivity index (χ4n) is 16.3. The first-order chi connectivity index (χ1) is 41.0. The fraction of sp³-hybridized carbons (Fsp3) is 0. The van der Waals surface area contributed by atoms with Crippen molar-refractivity contribution < 1.29 is 0 Å². The number of aromatic nitrogens is 3. The zero-order valence-corrected chi connectivity index (χ0v) is 61.1. The van der Waals surface area contributed by atoms with E-state index < -0.39 is 0 Å². The number of rotatable bonds is 7. The van der Waals surface area contributed by atoms with Gasteiger partial charge in [-0.15, -0.1) is 93.3 Å². The van der Waals surface area contributed by atoms with Crippen molar-refractivity contribution >= 4 is 471 Å². The lowest BCUT2D eigenvalue weighted by atomic mass is 9.55. The minimum Gasteiger partial charge on any atom is -0.208 e. The molecule has 0 amide bonds. The van der Waals surface area contributed by atoms with Gasteiger partial charge in [0.25, 0.3) is 0 Å². The summed E-state index contributed by atoms with van der Waals surface area (Å²) in [5.41, 5.74) is 57.7. The SMILES string of the molecule is Bc1c(B)c(B)c(-c2nc(-c3c(B)c(B)c(B)c(B)c3B)nc(-c3c(B)c(-c4c(B)c(B)c(B)c(B)c4B)c(B)c(-c4c(B)c(B)c(B)c5c4sc4c(-c6c(B)c(B)c(B)c(-c7c(B)c(B)c(B)c(B)c7B)c6B)c(B)c(B)c(B)c45)c3B)n2)c(B)c1B. The number of nitrogens with zero attached hydrogens (tertiary/aromatic N) is 3. The van der Waals surface area contributed by atoms with Gasteiger partial charge in [-0.1, -0.05) is 98.3 Å². The molecule has 0 saturated heterocycles. The molecular formula is C51H66B33N3S. The van der Waals surface area contributed by atoms with Crippen LogP contribution in [0.5, 0.6) is 0 Å². The molecule has 8 aromatic carbocycles. The topological polar surface area (TPSA) is 38.7 Å². The predicted molar refractivity (Wildman–Crippen MR) is 501 cm³/mol. The van der Waals surface area contributed by atoms with E-state index >= 15 is 0 Å². The minimum atomic E-state index is 0.720. The molecular weight excluding hydrogens is 1040 g/mol. The summed E-state index contributed by atoms with van der Waals surface area (Å²) in [6.45, 7) is 0. The van der Waals surface area contributed by atoms with Crippen LogP contribution in [-0.2, 0) is 0 Å². The Bertz CT molecular complexity index is 4700. The normalized spacial score (nSPS) is 11.5. The van der Waals surface area contributed by atoms with Crippen LogP contribution in [0, 0.1) is 0 Å². The first kappa shape index (κ1) is 66.1. The van der Waals surface area contributed by atoms with E-state index in [9.17, 15) is 0 Å². The molecule has 2 heterocycles. The molecule has 0 spiro atoms. The summed E-state index contributed by atoms with van der Waals surface area (Å²) >= 11 is 2.03. The number of hydrogen-bond donors (Lipinski definition) is 0. The maximum atomic E-state index is 5.86. The van der Waals surface area contributed by atoms with Gasteiger partial charge in [-0.25, -0.2) is 15.0 Å². The summed E-state index contributed by atoms with van der Waals surface area (Å²) in [4.78, 5) is 17.4. The smallest absolute Gasteiger partial charge is 0.163 e. The van der Waals surface area contributed by atoms with Gasteiger partial charge in [-0.05, 0) is 55.3 Å². The molecule has 0 fully saturated rings. The van der Waals surface area contributed by atoms with Crippen LogP contribution in [0.1, 0.15) is 0 Å². The lowest BCUT2D eigenvalue weighted by molar-refractivity contribution is 1.08. The first-order valence-electron chi connectivity index (χ1n) is 32.2. The van der Waals surface area contributed by atoms with E-state index in [1.165, 1.54) is 245 Å². The average Bonchev–Trinajstić information content (AvgIpc) is 1.44. The maximum absolute atomic E-state index is 5.86. The highest BCUT2D eigenvalue weighted by Gasteiger charge is 2.32. The molecule has 3 nitrogen and oxygen atoms in total. The second-order valence-corrected chi connectivity index (χ2v) is 28.6. The van der Waals surface area contributed by atoms with E-state index in [1.54, 1.807) is 0 Å². The van der Waals surface area contributed by atoms with Crippen LogP contribution in [0.15, 0.2) is 0 Å². The summed E-state index contributed by atoms with van der Waals surface area (Å²) in [6.07, 6.45) is 0. The molecule has 0 bridgehead atoms. The Balaban J connectivity index is 1.43. The minimum absolute atomic E-state index is 0.720. The lowest BCUT2D eigenvalue weighted by Gasteiger charge is -2.29. The Morgan fingerprint density at radius 3 is 0.534 bits per heavy atom. The molecule has 0 atom stereocenters. The highest BCUT2D eigenvalue weighted by molar-refractivity contribution is 7.27. The monoisotopic (exact) mass is 1120 g/mol. The van der Waals surface area contributed by atoms with Gasteiger partial charge >= 0.3 is 0 Å². The Morgan fingerprint density at radius 2 is 0.273 bits per heavy atom. The molecule has 0 radical (unpaired) electrons. The van der Waals surface area contributed by atoms with Crippen LogP contribution in [0.25, 0.3) is 98.8 Å². The van der Waals surface area contributed by atoms with Crippen LogP contribution in [0.3, 0.4) is 0 Å². The van der Waals surface area contributed by atoms with Crippen LogP contribution in [0.4, 0.5) is 0 Å². The standard InChI is InChI=1S/C51H66B33N3S/c52-14-1(3-19(57)35(73)43(81)36(74)20(3)58)16(54)11(49-85-50(12-28(66)39(77)45(83)40(78)29(12)67)87-51(86-49)13-30(68)41(79)46(84)42(80)31(13)69)17(55)5(14)7-24(62)33(71)26(64)9-10-27(65)34(72)25(63)8(48(10)88-47(7)9)6-15(53)2(18(56)32(70)23(6)61)4-21(59)37(75)44(82)38(76)22(4)60/h52-84H2.